The molecule has 2 saturated heterocycles. The van der Waals surface area contributed by atoms with E-state index in [2.05, 4.69) is 20.8 Å². The first-order chi connectivity index (χ1) is 12.1. The first kappa shape index (κ1) is 16.4. The number of carbonyl (C=O) groups is 3. The summed E-state index contributed by atoms with van der Waals surface area (Å²) in [6.07, 6.45) is 4.91. The highest BCUT2D eigenvalue weighted by Gasteiger charge is 2.52. The molecule has 4 amide bonds. The maximum absolute atomic E-state index is 12.5. The van der Waals surface area contributed by atoms with Gasteiger partial charge in [-0.05, 0) is 25.7 Å². The van der Waals surface area contributed by atoms with Gasteiger partial charge in [0.2, 0.25) is 11.0 Å². The molecule has 0 aromatic carbocycles. The summed E-state index contributed by atoms with van der Waals surface area (Å²) in [6.45, 7) is 0.390. The van der Waals surface area contributed by atoms with Crippen LogP contribution in [0.4, 0.5) is 9.93 Å². The van der Waals surface area contributed by atoms with E-state index in [4.69, 9.17) is 4.74 Å². The van der Waals surface area contributed by atoms with Crippen molar-refractivity contribution < 1.29 is 19.1 Å². The Hall–Kier alpha value is -2.07. The summed E-state index contributed by atoms with van der Waals surface area (Å²) >= 11 is 1.25. The van der Waals surface area contributed by atoms with E-state index < -0.39 is 17.5 Å². The van der Waals surface area contributed by atoms with Crippen molar-refractivity contribution in [1.29, 1.82) is 0 Å². The molecule has 2 N–H and O–H groups in total. The van der Waals surface area contributed by atoms with Crippen LogP contribution in [0.1, 0.15) is 49.6 Å². The zero-order valence-corrected chi connectivity index (χ0v) is 14.4. The van der Waals surface area contributed by atoms with E-state index >= 15 is 0 Å². The van der Waals surface area contributed by atoms with E-state index in [1.165, 1.54) is 11.3 Å². The topological polar surface area (TPSA) is 114 Å². The monoisotopic (exact) mass is 365 g/mol. The Morgan fingerprint density at radius 3 is 2.84 bits per heavy atom. The molecule has 134 valence electrons. The molecule has 1 aromatic heterocycles. The lowest BCUT2D eigenvalue weighted by molar-refractivity contribution is -0.133. The van der Waals surface area contributed by atoms with Crippen molar-refractivity contribution in [2.24, 2.45) is 0 Å². The minimum atomic E-state index is -0.799. The number of nitrogens with one attached hydrogen (secondary N) is 2. The third kappa shape index (κ3) is 2.99. The fraction of sp³-hybridized carbons (Fsp3) is 0.667. The van der Waals surface area contributed by atoms with Crippen molar-refractivity contribution in [3.05, 3.63) is 5.01 Å². The number of aromatic nitrogens is 2. The number of carbonyl (C=O) groups excluding carboxylic acids is 3. The van der Waals surface area contributed by atoms with Gasteiger partial charge in [-0.2, -0.15) is 0 Å². The van der Waals surface area contributed by atoms with Gasteiger partial charge in [0, 0.05) is 6.61 Å². The summed E-state index contributed by atoms with van der Waals surface area (Å²) in [6, 6.07) is -0.501. The van der Waals surface area contributed by atoms with Crippen molar-refractivity contribution in [1.82, 2.24) is 20.4 Å². The Morgan fingerprint density at radius 1 is 1.32 bits per heavy atom. The molecule has 4 rings (SSSR count). The van der Waals surface area contributed by atoms with Gasteiger partial charge in [0.15, 0.2) is 0 Å². The fourth-order valence-electron chi connectivity index (χ4n) is 3.63. The van der Waals surface area contributed by atoms with Gasteiger partial charge >= 0.3 is 6.03 Å². The van der Waals surface area contributed by atoms with Gasteiger partial charge < -0.3 is 10.1 Å². The van der Waals surface area contributed by atoms with Crippen LogP contribution in [0.25, 0.3) is 0 Å². The average Bonchev–Trinajstić information content (AvgIpc) is 3.34. The number of anilines is 1. The van der Waals surface area contributed by atoms with Crippen molar-refractivity contribution >= 4 is 34.3 Å². The molecular formula is C15H19N5O4S. The highest BCUT2D eigenvalue weighted by atomic mass is 32.1. The number of hydrogen-bond acceptors (Lipinski definition) is 7. The first-order valence-electron chi connectivity index (χ1n) is 8.46. The number of nitrogens with zero attached hydrogens (tertiary/aromatic N) is 3. The number of ether oxygens (including phenoxy) is 1. The number of rotatable bonds is 4. The van der Waals surface area contributed by atoms with Crippen LogP contribution in [-0.2, 0) is 14.3 Å². The van der Waals surface area contributed by atoms with Gasteiger partial charge in [0.25, 0.3) is 5.91 Å². The van der Waals surface area contributed by atoms with Crippen LogP contribution in [-0.4, -0.2) is 51.6 Å². The number of amides is 4. The molecule has 2 aliphatic heterocycles. The summed E-state index contributed by atoms with van der Waals surface area (Å²) in [5, 5.41) is 14.4. The highest BCUT2D eigenvalue weighted by Crippen LogP contribution is 2.35. The Kier molecular flexibility index (Phi) is 4.16. The average molecular weight is 365 g/mol. The van der Waals surface area contributed by atoms with Crippen LogP contribution in [0, 0.1) is 0 Å². The zero-order valence-electron chi connectivity index (χ0n) is 13.6. The molecule has 1 spiro atoms. The summed E-state index contributed by atoms with van der Waals surface area (Å²) in [7, 11) is 0. The molecule has 1 saturated carbocycles. The fourth-order valence-corrected chi connectivity index (χ4v) is 4.47. The van der Waals surface area contributed by atoms with Gasteiger partial charge in [0.1, 0.15) is 23.2 Å². The third-order valence-corrected chi connectivity index (χ3v) is 5.83. The smallest absolute Gasteiger partial charge is 0.325 e. The summed E-state index contributed by atoms with van der Waals surface area (Å²) < 4.78 is 5.54. The maximum atomic E-state index is 12.5. The van der Waals surface area contributed by atoms with Crippen LogP contribution in [0.5, 0.6) is 0 Å². The molecule has 1 aliphatic carbocycles. The lowest BCUT2D eigenvalue weighted by atomic mass is 9.98. The molecule has 3 fully saturated rings. The summed E-state index contributed by atoms with van der Waals surface area (Å²) in [4.78, 5) is 37.8. The van der Waals surface area contributed by atoms with Crippen molar-refractivity contribution in [2.75, 3.05) is 18.5 Å². The lowest BCUT2D eigenvalue weighted by Crippen LogP contribution is -2.44. The molecule has 25 heavy (non-hydrogen) atoms. The van der Waals surface area contributed by atoms with Crippen LogP contribution in [0.2, 0.25) is 0 Å². The molecule has 1 aromatic rings. The molecule has 9 nitrogen and oxygen atoms in total. The Bertz CT molecular complexity index is 709. The van der Waals surface area contributed by atoms with Crippen molar-refractivity contribution in [2.45, 2.75) is 50.2 Å². The molecular weight excluding hydrogens is 346 g/mol. The predicted octanol–water partition coefficient (Wildman–Crippen LogP) is 1.19. The second-order valence-electron chi connectivity index (χ2n) is 6.61. The quantitative estimate of drug-likeness (QED) is 0.775. The van der Waals surface area contributed by atoms with Gasteiger partial charge in [-0.1, -0.05) is 24.2 Å². The van der Waals surface area contributed by atoms with E-state index in [0.717, 1.165) is 35.6 Å². The first-order valence-corrected chi connectivity index (χ1v) is 9.28. The summed E-state index contributed by atoms with van der Waals surface area (Å²) in [5.41, 5.74) is -0.799. The Morgan fingerprint density at radius 2 is 2.12 bits per heavy atom. The molecule has 0 radical (unpaired) electrons. The number of hydrogen-bond donors (Lipinski definition) is 2. The van der Waals surface area contributed by atoms with Gasteiger partial charge in [-0.15, -0.1) is 10.2 Å². The molecule has 1 atom stereocenters. The van der Waals surface area contributed by atoms with Crippen molar-refractivity contribution in [3.63, 3.8) is 0 Å². The predicted molar refractivity (Wildman–Crippen MR) is 87.9 cm³/mol. The van der Waals surface area contributed by atoms with Crippen molar-refractivity contribution in [3.8, 4) is 0 Å². The van der Waals surface area contributed by atoms with Crippen LogP contribution in [0.15, 0.2) is 0 Å². The van der Waals surface area contributed by atoms with Crippen LogP contribution < -0.4 is 10.6 Å². The minimum Gasteiger partial charge on any atom is -0.371 e. The number of imide groups is 1. The van der Waals surface area contributed by atoms with Gasteiger partial charge in [-0.25, -0.2) is 4.79 Å². The minimum absolute atomic E-state index is 0.0590. The standard InChI is InChI=1S/C15H19N5O4S/c21-10(16-13-19-18-11(25-13)9-4-3-7-24-9)8-20-12(22)15(17-14(20)23)5-1-2-6-15/h9H,1-8H2,(H,17,23)(H,16,19,21)/t9-/m0/s1. The van der Waals surface area contributed by atoms with Gasteiger partial charge in [0.05, 0.1) is 0 Å². The SMILES string of the molecule is O=C(CN1C(=O)NC2(CCCC2)C1=O)Nc1nnc([C@@H]2CCCO2)s1. The lowest BCUT2D eigenvalue weighted by Gasteiger charge is -2.19. The van der Waals surface area contributed by atoms with E-state index in [1.807, 2.05) is 0 Å². The van der Waals surface area contributed by atoms with E-state index in [1.54, 1.807) is 0 Å². The van der Waals surface area contributed by atoms with E-state index in [-0.39, 0.29) is 18.6 Å². The maximum Gasteiger partial charge on any atom is 0.325 e. The van der Waals surface area contributed by atoms with E-state index in [0.29, 0.717) is 24.6 Å². The zero-order chi connectivity index (χ0) is 17.4. The molecule has 0 unspecified atom stereocenters. The Balaban J connectivity index is 1.37. The second kappa shape index (κ2) is 6.34. The molecule has 3 aliphatic rings. The number of urea groups is 1. The van der Waals surface area contributed by atoms with Gasteiger partial charge in [-0.3, -0.25) is 19.8 Å². The molecule has 10 heteroatoms. The largest absolute Gasteiger partial charge is 0.371 e. The highest BCUT2D eigenvalue weighted by molar-refractivity contribution is 7.15. The molecule has 0 bridgehead atoms. The van der Waals surface area contributed by atoms with E-state index in [9.17, 15) is 14.4 Å². The normalized spacial score (nSPS) is 25.0. The Labute approximate surface area is 148 Å². The molecule has 3 heterocycles. The third-order valence-electron chi connectivity index (χ3n) is 4.90. The van der Waals surface area contributed by atoms with Crippen LogP contribution >= 0.6 is 11.3 Å². The summed E-state index contributed by atoms with van der Waals surface area (Å²) in [5.74, 6) is -0.768. The van der Waals surface area contributed by atoms with Crippen LogP contribution in [0.3, 0.4) is 0 Å². The second-order valence-corrected chi connectivity index (χ2v) is 7.62.